The Labute approximate surface area is 157 Å². The summed E-state index contributed by atoms with van der Waals surface area (Å²) in [6.45, 7) is 5.55. The third kappa shape index (κ3) is 4.03. The molecule has 1 fully saturated rings. The molecule has 0 N–H and O–H groups in total. The molecule has 0 bridgehead atoms. The van der Waals surface area contributed by atoms with Gasteiger partial charge in [0.2, 0.25) is 11.7 Å². The van der Waals surface area contributed by atoms with Crippen LogP contribution >= 0.6 is 0 Å². The zero-order chi connectivity index (χ0) is 18.6. The summed E-state index contributed by atoms with van der Waals surface area (Å²) in [6, 6.07) is 11.6. The second-order valence-electron chi connectivity index (χ2n) is 6.68. The lowest BCUT2D eigenvalue weighted by Crippen LogP contribution is -2.48. The fraction of sp³-hybridized carbons (Fsp3) is 0.300. The first-order valence-corrected chi connectivity index (χ1v) is 9.00. The average molecular weight is 363 g/mol. The van der Waals surface area contributed by atoms with Crippen LogP contribution in [0.3, 0.4) is 0 Å². The Hall–Kier alpha value is -3.06. The molecule has 1 aliphatic rings. The van der Waals surface area contributed by atoms with Crippen LogP contribution in [0.2, 0.25) is 0 Å². The van der Waals surface area contributed by atoms with Crippen LogP contribution in [0.15, 0.2) is 53.3 Å². The van der Waals surface area contributed by atoms with Crippen molar-refractivity contribution < 1.29 is 9.32 Å². The van der Waals surface area contributed by atoms with E-state index in [1.165, 1.54) is 5.56 Å². The van der Waals surface area contributed by atoms with Crippen LogP contribution in [0.1, 0.15) is 21.8 Å². The number of benzene rings is 1. The lowest BCUT2D eigenvalue weighted by atomic mass is 10.1. The van der Waals surface area contributed by atoms with E-state index in [1.807, 2.05) is 36.1 Å². The summed E-state index contributed by atoms with van der Waals surface area (Å²) >= 11 is 0. The second kappa shape index (κ2) is 7.67. The third-order valence-electron chi connectivity index (χ3n) is 4.72. The number of carbonyl (C=O) groups excluding carboxylic acids is 1. The molecular weight excluding hydrogens is 342 g/mol. The summed E-state index contributed by atoms with van der Waals surface area (Å²) in [6.07, 6.45) is 3.29. The first-order chi connectivity index (χ1) is 13.2. The molecule has 2 aromatic heterocycles. The molecule has 27 heavy (non-hydrogen) atoms. The third-order valence-corrected chi connectivity index (χ3v) is 4.72. The van der Waals surface area contributed by atoms with E-state index in [4.69, 9.17) is 4.52 Å². The highest BCUT2D eigenvalue weighted by Crippen LogP contribution is 2.17. The van der Waals surface area contributed by atoms with Gasteiger partial charge >= 0.3 is 0 Å². The molecule has 0 spiro atoms. The molecular formula is C20H21N5O2. The van der Waals surface area contributed by atoms with Crippen LogP contribution in [-0.4, -0.2) is 57.0 Å². The molecule has 7 nitrogen and oxygen atoms in total. The average Bonchev–Trinajstić information content (AvgIpc) is 3.18. The van der Waals surface area contributed by atoms with Crippen molar-refractivity contribution in [2.75, 3.05) is 26.2 Å². The Bertz CT molecular complexity index is 900. The molecule has 7 heteroatoms. The number of pyridine rings is 1. The Morgan fingerprint density at radius 3 is 2.44 bits per heavy atom. The maximum atomic E-state index is 12.5. The zero-order valence-corrected chi connectivity index (χ0v) is 15.2. The minimum atomic E-state index is 0.0523. The SMILES string of the molecule is Cc1ccc(-c2noc(CN3CCN(C(=O)c4ccncc4)CC3)n2)cc1. The summed E-state index contributed by atoms with van der Waals surface area (Å²) in [4.78, 5) is 25.0. The van der Waals surface area contributed by atoms with Gasteiger partial charge in [0.1, 0.15) is 0 Å². The molecule has 1 saturated heterocycles. The highest BCUT2D eigenvalue weighted by atomic mass is 16.5. The van der Waals surface area contributed by atoms with Crippen molar-refractivity contribution in [1.29, 1.82) is 0 Å². The topological polar surface area (TPSA) is 75.4 Å². The molecule has 1 amide bonds. The quantitative estimate of drug-likeness (QED) is 0.709. The molecule has 0 unspecified atom stereocenters. The monoisotopic (exact) mass is 363 g/mol. The normalized spacial score (nSPS) is 15.1. The number of amides is 1. The summed E-state index contributed by atoms with van der Waals surface area (Å²) in [5.41, 5.74) is 2.82. The van der Waals surface area contributed by atoms with Gasteiger partial charge in [-0.1, -0.05) is 35.0 Å². The molecule has 4 rings (SSSR count). The van der Waals surface area contributed by atoms with Crippen molar-refractivity contribution in [1.82, 2.24) is 24.9 Å². The van der Waals surface area contributed by atoms with Crippen LogP contribution in [0.25, 0.3) is 11.4 Å². The van der Waals surface area contributed by atoms with E-state index in [0.29, 0.717) is 36.9 Å². The summed E-state index contributed by atoms with van der Waals surface area (Å²) in [5, 5.41) is 4.08. The second-order valence-corrected chi connectivity index (χ2v) is 6.68. The highest BCUT2D eigenvalue weighted by molar-refractivity contribution is 5.94. The minimum Gasteiger partial charge on any atom is -0.338 e. The molecule has 0 saturated carbocycles. The Kier molecular flexibility index (Phi) is 4.93. The number of hydrogen-bond donors (Lipinski definition) is 0. The van der Waals surface area contributed by atoms with Crippen molar-refractivity contribution >= 4 is 5.91 Å². The fourth-order valence-electron chi connectivity index (χ4n) is 3.12. The number of carbonyl (C=O) groups is 1. The van der Waals surface area contributed by atoms with Gasteiger partial charge in [-0.3, -0.25) is 14.7 Å². The smallest absolute Gasteiger partial charge is 0.254 e. The van der Waals surface area contributed by atoms with Crippen LogP contribution < -0.4 is 0 Å². The number of nitrogens with zero attached hydrogens (tertiary/aromatic N) is 5. The Morgan fingerprint density at radius 2 is 1.74 bits per heavy atom. The van der Waals surface area contributed by atoms with Gasteiger partial charge < -0.3 is 9.42 Å². The highest BCUT2D eigenvalue weighted by Gasteiger charge is 2.23. The van der Waals surface area contributed by atoms with E-state index < -0.39 is 0 Å². The van der Waals surface area contributed by atoms with Crippen LogP contribution in [0.5, 0.6) is 0 Å². The summed E-state index contributed by atoms with van der Waals surface area (Å²) in [5.74, 6) is 1.26. The van der Waals surface area contributed by atoms with Gasteiger partial charge in [-0.15, -0.1) is 0 Å². The first-order valence-electron chi connectivity index (χ1n) is 9.00. The zero-order valence-electron chi connectivity index (χ0n) is 15.2. The lowest BCUT2D eigenvalue weighted by molar-refractivity contribution is 0.0615. The number of aromatic nitrogens is 3. The van der Waals surface area contributed by atoms with Gasteiger partial charge in [0.25, 0.3) is 5.91 Å². The van der Waals surface area contributed by atoms with Gasteiger partial charge in [0.05, 0.1) is 6.54 Å². The van der Waals surface area contributed by atoms with Gasteiger partial charge in [-0.2, -0.15) is 4.98 Å². The summed E-state index contributed by atoms with van der Waals surface area (Å²) < 4.78 is 5.41. The van der Waals surface area contributed by atoms with Gasteiger partial charge in [-0.05, 0) is 19.1 Å². The molecule has 1 aromatic carbocycles. The largest absolute Gasteiger partial charge is 0.338 e. The van der Waals surface area contributed by atoms with Crippen LogP contribution in [-0.2, 0) is 6.54 Å². The fourth-order valence-corrected chi connectivity index (χ4v) is 3.12. The van der Waals surface area contributed by atoms with Crippen molar-refractivity contribution in [2.45, 2.75) is 13.5 Å². The number of aryl methyl sites for hydroxylation is 1. The minimum absolute atomic E-state index is 0.0523. The van der Waals surface area contributed by atoms with E-state index in [9.17, 15) is 4.79 Å². The number of rotatable bonds is 4. The maximum absolute atomic E-state index is 12.5. The molecule has 0 aliphatic carbocycles. The standard InChI is InChI=1S/C20H21N5O2/c1-15-2-4-16(5-3-15)19-22-18(27-23-19)14-24-10-12-25(13-11-24)20(26)17-6-8-21-9-7-17/h2-9H,10-14H2,1H3. The number of hydrogen-bond acceptors (Lipinski definition) is 6. The predicted molar refractivity (Wildman–Crippen MR) is 99.9 cm³/mol. The van der Waals surface area contributed by atoms with Crippen molar-refractivity contribution in [3.05, 3.63) is 65.8 Å². The van der Waals surface area contributed by atoms with Gasteiger partial charge in [-0.25, -0.2) is 0 Å². The van der Waals surface area contributed by atoms with E-state index in [-0.39, 0.29) is 5.91 Å². The molecule has 3 aromatic rings. The maximum Gasteiger partial charge on any atom is 0.254 e. The van der Waals surface area contributed by atoms with E-state index >= 15 is 0 Å². The Morgan fingerprint density at radius 1 is 1.04 bits per heavy atom. The molecule has 0 atom stereocenters. The van der Waals surface area contributed by atoms with Crippen LogP contribution in [0.4, 0.5) is 0 Å². The molecule has 3 heterocycles. The van der Waals surface area contributed by atoms with Crippen molar-refractivity contribution in [3.63, 3.8) is 0 Å². The van der Waals surface area contributed by atoms with E-state index in [0.717, 1.165) is 18.7 Å². The summed E-state index contributed by atoms with van der Waals surface area (Å²) in [7, 11) is 0. The molecule has 1 aliphatic heterocycles. The molecule has 0 radical (unpaired) electrons. The lowest BCUT2D eigenvalue weighted by Gasteiger charge is -2.33. The van der Waals surface area contributed by atoms with Crippen molar-refractivity contribution in [2.24, 2.45) is 0 Å². The predicted octanol–water partition coefficient (Wildman–Crippen LogP) is 2.40. The van der Waals surface area contributed by atoms with Gasteiger partial charge in [0.15, 0.2) is 0 Å². The molecule has 138 valence electrons. The van der Waals surface area contributed by atoms with Gasteiger partial charge in [0, 0.05) is 49.7 Å². The van der Waals surface area contributed by atoms with Crippen LogP contribution in [0, 0.1) is 6.92 Å². The van der Waals surface area contributed by atoms with Crippen molar-refractivity contribution in [3.8, 4) is 11.4 Å². The first kappa shape index (κ1) is 17.4. The van der Waals surface area contributed by atoms with E-state index in [2.05, 4.69) is 20.0 Å². The van der Waals surface area contributed by atoms with E-state index in [1.54, 1.807) is 24.5 Å². The Balaban J connectivity index is 1.33. The number of piperazine rings is 1.